The molecule has 3 atom stereocenters. The average molecular weight is 729 g/mol. The molecule has 1 aliphatic carbocycles. The lowest BCUT2D eigenvalue weighted by molar-refractivity contribution is -0.0102. The number of aryl methyl sites for hydroxylation is 2. The Balaban J connectivity index is 0.000000186. The van der Waals surface area contributed by atoms with E-state index in [1.807, 2.05) is 37.3 Å². The molecule has 2 N–H and O–H groups in total. The largest absolute Gasteiger partial charge is 0.444 e. The number of anilines is 2. The van der Waals surface area contributed by atoms with E-state index in [1.165, 1.54) is 48.8 Å². The van der Waals surface area contributed by atoms with Gasteiger partial charge >= 0.3 is 6.09 Å². The zero-order valence-corrected chi connectivity index (χ0v) is 32.5. The maximum absolute atomic E-state index is 12.4. The van der Waals surface area contributed by atoms with Crippen molar-refractivity contribution in [3.63, 3.8) is 0 Å². The van der Waals surface area contributed by atoms with Gasteiger partial charge in [-0.05, 0) is 136 Å². The molecule has 0 bridgehead atoms. The molecule has 0 spiro atoms. The molecule has 0 radical (unpaired) electrons. The standard InChI is InChI=1S/C25H31N3O.C21H25NO3/c1-19(2)25(18-27-17-23-8-4-5-14-29-23)24-10-9-21(15-20(24)3)11-13-28-22-7-6-12-26-16-22;1-15-5-6-17(10-9-16-7-8-16)12-20(15)22-14-19(25-21(22)23)13-18-4-2-3-11-24-18/h6-7,9-10,12,15-16,18-19,23,27-28H,4-5,8,14,17H2,1-3H3;5-6,12,16,18-19H,2-4,7-8,11,13-14H2,1H3/b25-18+;. The molecule has 1 aromatic heterocycles. The van der Waals surface area contributed by atoms with E-state index >= 15 is 0 Å². The molecule has 2 aromatic carbocycles. The summed E-state index contributed by atoms with van der Waals surface area (Å²) in [6.07, 6.45) is 16.1. The summed E-state index contributed by atoms with van der Waals surface area (Å²) in [7, 11) is 0. The van der Waals surface area contributed by atoms with E-state index in [2.05, 4.69) is 84.6 Å². The van der Waals surface area contributed by atoms with Crippen LogP contribution in [0.25, 0.3) is 5.57 Å². The van der Waals surface area contributed by atoms with Crippen LogP contribution < -0.4 is 15.5 Å². The number of carbonyl (C=O) groups excluding carboxylic acids is 1. The Bertz CT molecular complexity index is 1850. The summed E-state index contributed by atoms with van der Waals surface area (Å²) >= 11 is 0. The molecule has 7 rings (SSSR count). The van der Waals surface area contributed by atoms with Crippen LogP contribution in [0.15, 0.2) is 67.1 Å². The molecule has 3 aliphatic heterocycles. The van der Waals surface area contributed by atoms with E-state index in [1.54, 1.807) is 17.3 Å². The number of hydrogen-bond acceptors (Lipinski definition) is 7. The van der Waals surface area contributed by atoms with Gasteiger partial charge in [0.1, 0.15) is 6.10 Å². The minimum atomic E-state index is -0.254. The Morgan fingerprint density at radius 1 is 0.907 bits per heavy atom. The van der Waals surface area contributed by atoms with Crippen LogP contribution in [-0.2, 0) is 14.2 Å². The molecule has 4 fully saturated rings. The van der Waals surface area contributed by atoms with Crippen molar-refractivity contribution < 1.29 is 19.0 Å². The van der Waals surface area contributed by atoms with Crippen molar-refractivity contribution in [2.75, 3.05) is 36.5 Å². The number of cyclic esters (lactones) is 1. The van der Waals surface area contributed by atoms with Crippen molar-refractivity contribution in [1.29, 1.82) is 0 Å². The van der Waals surface area contributed by atoms with E-state index in [-0.39, 0.29) is 18.3 Å². The number of benzene rings is 2. The number of allylic oxidation sites excluding steroid dienone is 1. The predicted octanol–water partition coefficient (Wildman–Crippen LogP) is 9.01. The minimum Gasteiger partial charge on any atom is -0.444 e. The maximum Gasteiger partial charge on any atom is 0.414 e. The lowest BCUT2D eigenvalue weighted by Gasteiger charge is -2.24. The monoisotopic (exact) mass is 728 g/mol. The van der Waals surface area contributed by atoms with Gasteiger partial charge in [0.25, 0.3) is 0 Å². The molecule has 8 nitrogen and oxygen atoms in total. The van der Waals surface area contributed by atoms with Crippen LogP contribution in [-0.4, -0.2) is 55.7 Å². The molecule has 4 heterocycles. The fourth-order valence-corrected chi connectivity index (χ4v) is 7.02. The van der Waals surface area contributed by atoms with Gasteiger partial charge in [0.05, 0.1) is 36.3 Å². The van der Waals surface area contributed by atoms with Gasteiger partial charge in [0.15, 0.2) is 0 Å². The molecule has 8 heteroatoms. The molecule has 3 saturated heterocycles. The number of nitrogens with one attached hydrogen (secondary N) is 2. The van der Waals surface area contributed by atoms with E-state index in [9.17, 15) is 4.79 Å². The minimum absolute atomic E-state index is 0.0868. The molecular formula is C46H56N4O4. The first-order valence-electron chi connectivity index (χ1n) is 19.9. The Morgan fingerprint density at radius 2 is 1.67 bits per heavy atom. The Labute approximate surface area is 322 Å². The number of nitrogens with zero attached hydrogens (tertiary/aromatic N) is 2. The third kappa shape index (κ3) is 11.6. The Kier molecular flexibility index (Phi) is 14.1. The number of hydrogen-bond donors (Lipinski definition) is 2. The van der Waals surface area contributed by atoms with Gasteiger partial charge in [-0.2, -0.15) is 0 Å². The highest BCUT2D eigenvalue weighted by atomic mass is 16.6. The topological polar surface area (TPSA) is 85.0 Å². The lowest BCUT2D eigenvalue weighted by Crippen LogP contribution is -2.29. The first-order valence-corrected chi connectivity index (χ1v) is 19.9. The van der Waals surface area contributed by atoms with Crippen LogP contribution in [0.2, 0.25) is 0 Å². The molecule has 54 heavy (non-hydrogen) atoms. The number of aromatic nitrogens is 1. The summed E-state index contributed by atoms with van der Waals surface area (Å²) < 4.78 is 17.2. The van der Waals surface area contributed by atoms with Gasteiger partial charge in [0.2, 0.25) is 0 Å². The third-order valence-electron chi connectivity index (χ3n) is 10.3. The van der Waals surface area contributed by atoms with Crippen LogP contribution in [0, 0.1) is 49.5 Å². The summed E-state index contributed by atoms with van der Waals surface area (Å²) in [6.45, 7) is 11.8. The van der Waals surface area contributed by atoms with Crippen LogP contribution in [0.4, 0.5) is 16.2 Å². The number of ether oxygens (including phenoxy) is 3. The lowest BCUT2D eigenvalue weighted by atomic mass is 9.92. The highest BCUT2D eigenvalue weighted by molar-refractivity contribution is 5.91. The Morgan fingerprint density at radius 3 is 2.35 bits per heavy atom. The van der Waals surface area contributed by atoms with Crippen LogP contribution in [0.1, 0.15) is 99.5 Å². The number of amides is 1. The van der Waals surface area contributed by atoms with E-state index in [4.69, 9.17) is 14.2 Å². The summed E-state index contributed by atoms with van der Waals surface area (Å²) in [5.41, 5.74) is 8.66. The first kappa shape index (κ1) is 38.9. The molecular weight excluding hydrogens is 673 g/mol. The van der Waals surface area contributed by atoms with Gasteiger partial charge in [-0.25, -0.2) is 4.79 Å². The van der Waals surface area contributed by atoms with Crippen LogP contribution >= 0.6 is 0 Å². The average Bonchev–Trinajstić information content (AvgIpc) is 3.95. The van der Waals surface area contributed by atoms with Gasteiger partial charge in [-0.1, -0.05) is 37.8 Å². The summed E-state index contributed by atoms with van der Waals surface area (Å²) in [5.74, 6) is 10.7. The SMILES string of the molecule is Cc1cc(C#CNc2cccnc2)ccc1/C(=C/NCC1CCCCO1)C(C)C.Cc1ccc(C#CC2CC2)cc1N1CC(CC2CCCCO2)OC1=O. The fraction of sp³-hybridized carbons (Fsp3) is 0.478. The van der Waals surface area contributed by atoms with Gasteiger partial charge in [0, 0.05) is 61.7 Å². The van der Waals surface area contributed by atoms with Crippen molar-refractivity contribution in [3.8, 4) is 23.8 Å². The molecule has 4 aliphatic rings. The van der Waals surface area contributed by atoms with Crippen molar-refractivity contribution in [2.24, 2.45) is 11.8 Å². The molecule has 1 saturated carbocycles. The summed E-state index contributed by atoms with van der Waals surface area (Å²) in [4.78, 5) is 18.2. The van der Waals surface area contributed by atoms with E-state index in [0.29, 0.717) is 24.5 Å². The van der Waals surface area contributed by atoms with E-state index in [0.717, 1.165) is 73.5 Å². The first-order chi connectivity index (χ1) is 26.3. The Hall–Kier alpha value is -4.76. The number of rotatable bonds is 9. The van der Waals surface area contributed by atoms with Gasteiger partial charge in [-0.15, -0.1) is 0 Å². The van der Waals surface area contributed by atoms with Crippen LogP contribution in [0.3, 0.4) is 0 Å². The molecule has 3 aromatic rings. The van der Waals surface area contributed by atoms with Crippen molar-refractivity contribution in [1.82, 2.24) is 10.3 Å². The smallest absolute Gasteiger partial charge is 0.414 e. The normalized spacial score (nSPS) is 21.1. The van der Waals surface area contributed by atoms with E-state index < -0.39 is 0 Å². The van der Waals surface area contributed by atoms with Crippen molar-refractivity contribution >= 4 is 23.0 Å². The summed E-state index contributed by atoms with van der Waals surface area (Å²) in [6, 6.07) is 19.3. The van der Waals surface area contributed by atoms with Gasteiger partial charge < -0.3 is 24.8 Å². The predicted molar refractivity (Wildman–Crippen MR) is 217 cm³/mol. The zero-order chi connectivity index (χ0) is 37.7. The highest BCUT2D eigenvalue weighted by Gasteiger charge is 2.35. The fourth-order valence-electron chi connectivity index (χ4n) is 7.02. The van der Waals surface area contributed by atoms with Crippen molar-refractivity contribution in [2.45, 2.75) is 104 Å². The maximum atomic E-state index is 12.4. The molecule has 284 valence electrons. The summed E-state index contributed by atoms with van der Waals surface area (Å²) in [5, 5.41) is 6.57. The highest BCUT2D eigenvalue weighted by Crippen LogP contribution is 2.31. The van der Waals surface area contributed by atoms with Crippen LogP contribution in [0.5, 0.6) is 0 Å². The second-order valence-corrected chi connectivity index (χ2v) is 15.2. The molecule has 1 amide bonds. The third-order valence-corrected chi connectivity index (χ3v) is 10.3. The van der Waals surface area contributed by atoms with Crippen molar-refractivity contribution in [3.05, 3.63) is 94.9 Å². The molecule has 3 unspecified atom stereocenters. The zero-order valence-electron chi connectivity index (χ0n) is 32.5. The second kappa shape index (κ2) is 19.5. The number of carbonyl (C=O) groups is 1. The van der Waals surface area contributed by atoms with Gasteiger partial charge in [-0.3, -0.25) is 9.88 Å². The number of pyridine rings is 1. The quantitative estimate of drug-likeness (QED) is 0.168. The second-order valence-electron chi connectivity index (χ2n) is 15.2.